The van der Waals surface area contributed by atoms with E-state index < -0.39 is 11.8 Å². The highest BCUT2D eigenvalue weighted by Crippen LogP contribution is 2.14. The fraction of sp³-hybridized carbons (Fsp3) is 0.250. The van der Waals surface area contributed by atoms with Crippen molar-refractivity contribution >= 4 is 35.0 Å². The number of anilines is 1. The number of halogens is 1. The number of nitrogens with one attached hydrogen (secondary N) is 3. The van der Waals surface area contributed by atoms with Crippen molar-refractivity contribution in [2.75, 3.05) is 5.32 Å². The first kappa shape index (κ1) is 20.5. The molecule has 0 saturated carbocycles. The van der Waals surface area contributed by atoms with Crippen molar-refractivity contribution < 1.29 is 14.4 Å². The fourth-order valence-corrected chi connectivity index (χ4v) is 2.55. The van der Waals surface area contributed by atoms with E-state index in [9.17, 15) is 14.4 Å². The molecule has 0 atom stereocenters. The third-order valence-corrected chi connectivity index (χ3v) is 4.00. The summed E-state index contributed by atoms with van der Waals surface area (Å²) < 4.78 is 0. The Kier molecular flexibility index (Phi) is 7.37. The van der Waals surface area contributed by atoms with Crippen molar-refractivity contribution in [3.63, 3.8) is 0 Å². The average Bonchev–Trinajstić information content (AvgIpc) is 2.61. The highest BCUT2D eigenvalue weighted by molar-refractivity contribution is 6.39. The monoisotopic (exact) mass is 387 g/mol. The van der Waals surface area contributed by atoms with Gasteiger partial charge in [-0.2, -0.15) is 0 Å². The predicted octanol–water partition coefficient (Wildman–Crippen LogP) is 2.66. The van der Waals surface area contributed by atoms with Crippen LogP contribution in [0.15, 0.2) is 48.5 Å². The van der Waals surface area contributed by atoms with Gasteiger partial charge in [0, 0.05) is 23.3 Å². The molecular weight excluding hydrogens is 366 g/mol. The van der Waals surface area contributed by atoms with Gasteiger partial charge in [0.05, 0.1) is 6.42 Å². The van der Waals surface area contributed by atoms with Crippen LogP contribution in [0, 0.1) is 0 Å². The lowest BCUT2D eigenvalue weighted by Crippen LogP contribution is -2.35. The largest absolute Gasteiger partial charge is 0.354 e. The number of carbonyl (C=O) groups is 3. The van der Waals surface area contributed by atoms with Crippen molar-refractivity contribution in [3.8, 4) is 0 Å². The van der Waals surface area contributed by atoms with Crippen LogP contribution in [-0.2, 0) is 27.3 Å². The van der Waals surface area contributed by atoms with Crippen LogP contribution in [0.3, 0.4) is 0 Å². The Labute approximate surface area is 163 Å². The van der Waals surface area contributed by atoms with Crippen LogP contribution in [0.1, 0.15) is 25.0 Å². The highest BCUT2D eigenvalue weighted by Gasteiger charge is 2.14. The van der Waals surface area contributed by atoms with Crippen LogP contribution < -0.4 is 16.0 Å². The molecule has 0 saturated heterocycles. The summed E-state index contributed by atoms with van der Waals surface area (Å²) >= 11 is 6.02. The second-order valence-electron chi connectivity index (χ2n) is 6.32. The second kappa shape index (κ2) is 9.73. The molecule has 2 aromatic carbocycles. The quantitative estimate of drug-likeness (QED) is 0.666. The lowest BCUT2D eigenvalue weighted by atomic mass is 10.1. The molecule has 142 valence electrons. The molecule has 3 amide bonds. The van der Waals surface area contributed by atoms with Crippen LogP contribution in [-0.4, -0.2) is 23.8 Å². The predicted molar refractivity (Wildman–Crippen MR) is 105 cm³/mol. The van der Waals surface area contributed by atoms with E-state index in [-0.39, 0.29) is 24.9 Å². The minimum absolute atomic E-state index is 0.0688. The first-order valence-electron chi connectivity index (χ1n) is 8.56. The van der Waals surface area contributed by atoms with Gasteiger partial charge >= 0.3 is 11.8 Å². The Morgan fingerprint density at radius 1 is 0.963 bits per heavy atom. The third kappa shape index (κ3) is 6.75. The number of amides is 3. The maximum Gasteiger partial charge on any atom is 0.313 e. The maximum atomic E-state index is 12.0. The molecule has 2 rings (SSSR count). The number of rotatable bonds is 6. The van der Waals surface area contributed by atoms with Crippen LogP contribution in [0.2, 0.25) is 5.02 Å². The molecule has 0 aromatic heterocycles. The Balaban J connectivity index is 1.85. The normalized spacial score (nSPS) is 10.4. The minimum atomic E-state index is -0.771. The lowest BCUT2D eigenvalue weighted by molar-refractivity contribution is -0.136. The van der Waals surface area contributed by atoms with Crippen molar-refractivity contribution in [3.05, 3.63) is 64.7 Å². The molecular formula is C20H22ClN3O3. The summed E-state index contributed by atoms with van der Waals surface area (Å²) in [4.78, 5) is 35.7. The molecule has 0 aliphatic carbocycles. The van der Waals surface area contributed by atoms with Gasteiger partial charge in [-0.15, -0.1) is 0 Å². The molecule has 0 radical (unpaired) electrons. The lowest BCUT2D eigenvalue weighted by Gasteiger charge is -2.10. The van der Waals surface area contributed by atoms with Gasteiger partial charge in [0.2, 0.25) is 5.91 Å². The Bertz CT molecular complexity index is 819. The van der Waals surface area contributed by atoms with Gasteiger partial charge in [-0.25, -0.2) is 0 Å². The smallest absolute Gasteiger partial charge is 0.313 e. The Morgan fingerprint density at radius 3 is 2.26 bits per heavy atom. The topological polar surface area (TPSA) is 87.3 Å². The van der Waals surface area contributed by atoms with Crippen molar-refractivity contribution in [1.82, 2.24) is 10.6 Å². The van der Waals surface area contributed by atoms with Gasteiger partial charge in [-0.05, 0) is 43.2 Å². The van der Waals surface area contributed by atoms with Gasteiger partial charge in [0.25, 0.3) is 0 Å². The molecule has 0 spiro atoms. The molecule has 2 aromatic rings. The first-order chi connectivity index (χ1) is 12.8. The molecule has 27 heavy (non-hydrogen) atoms. The van der Waals surface area contributed by atoms with Crippen molar-refractivity contribution in [2.45, 2.75) is 32.9 Å². The van der Waals surface area contributed by atoms with Crippen LogP contribution in [0.5, 0.6) is 0 Å². The highest BCUT2D eigenvalue weighted by atomic mass is 35.5. The van der Waals surface area contributed by atoms with Crippen molar-refractivity contribution in [1.29, 1.82) is 0 Å². The van der Waals surface area contributed by atoms with E-state index in [1.54, 1.807) is 48.5 Å². The second-order valence-corrected chi connectivity index (χ2v) is 6.73. The molecule has 7 heteroatoms. The summed E-state index contributed by atoms with van der Waals surface area (Å²) in [6, 6.07) is 13.9. The molecule has 0 bridgehead atoms. The molecule has 0 aliphatic rings. The number of benzene rings is 2. The van der Waals surface area contributed by atoms with E-state index in [4.69, 9.17) is 11.6 Å². The first-order valence-corrected chi connectivity index (χ1v) is 8.94. The van der Waals surface area contributed by atoms with E-state index in [1.807, 2.05) is 13.8 Å². The van der Waals surface area contributed by atoms with Gasteiger partial charge < -0.3 is 16.0 Å². The number of carbonyl (C=O) groups excluding carboxylic acids is 3. The molecule has 0 heterocycles. The fourth-order valence-electron chi connectivity index (χ4n) is 2.35. The summed E-state index contributed by atoms with van der Waals surface area (Å²) in [7, 11) is 0. The summed E-state index contributed by atoms with van der Waals surface area (Å²) in [5.74, 6) is -1.59. The minimum Gasteiger partial charge on any atom is -0.354 e. The van der Waals surface area contributed by atoms with E-state index in [2.05, 4.69) is 16.0 Å². The summed E-state index contributed by atoms with van der Waals surface area (Å²) in [5, 5.41) is 8.38. The third-order valence-electron chi connectivity index (χ3n) is 3.63. The zero-order chi connectivity index (χ0) is 19.8. The Hall–Kier alpha value is -2.86. The van der Waals surface area contributed by atoms with Gasteiger partial charge in [-0.3, -0.25) is 14.4 Å². The maximum absolute atomic E-state index is 12.0. The average molecular weight is 388 g/mol. The molecule has 6 nitrogen and oxygen atoms in total. The number of hydrogen-bond acceptors (Lipinski definition) is 3. The SMILES string of the molecule is CC(C)NC(=O)Cc1ccc(NC(=O)C(=O)NCc2ccccc2Cl)cc1. The summed E-state index contributed by atoms with van der Waals surface area (Å²) in [6.07, 6.45) is 0.255. The Morgan fingerprint density at radius 2 is 1.63 bits per heavy atom. The standard InChI is InChI=1S/C20H22ClN3O3/c1-13(2)23-18(25)11-14-7-9-16(10-8-14)24-20(27)19(26)22-12-15-5-3-4-6-17(15)21/h3-10,13H,11-12H2,1-2H3,(H,22,26)(H,23,25)(H,24,27). The van der Waals surface area contributed by atoms with Crippen LogP contribution >= 0.6 is 11.6 Å². The van der Waals surface area contributed by atoms with Crippen LogP contribution in [0.4, 0.5) is 5.69 Å². The van der Waals surface area contributed by atoms with E-state index in [0.717, 1.165) is 11.1 Å². The van der Waals surface area contributed by atoms with Gasteiger partial charge in [0.1, 0.15) is 0 Å². The van der Waals surface area contributed by atoms with Gasteiger partial charge in [0.15, 0.2) is 0 Å². The van der Waals surface area contributed by atoms with E-state index >= 15 is 0 Å². The zero-order valence-corrected chi connectivity index (χ0v) is 16.0. The van der Waals surface area contributed by atoms with Crippen molar-refractivity contribution in [2.24, 2.45) is 0 Å². The molecule has 0 fully saturated rings. The van der Waals surface area contributed by atoms with E-state index in [1.165, 1.54) is 0 Å². The molecule has 0 aliphatic heterocycles. The number of hydrogen-bond donors (Lipinski definition) is 3. The summed E-state index contributed by atoms with van der Waals surface area (Å²) in [6.45, 7) is 3.95. The summed E-state index contributed by atoms with van der Waals surface area (Å²) in [5.41, 5.74) is 2.01. The van der Waals surface area contributed by atoms with E-state index in [0.29, 0.717) is 10.7 Å². The van der Waals surface area contributed by atoms with Gasteiger partial charge in [-0.1, -0.05) is 41.9 Å². The zero-order valence-electron chi connectivity index (χ0n) is 15.2. The molecule has 3 N–H and O–H groups in total. The van der Waals surface area contributed by atoms with Crippen LogP contribution in [0.25, 0.3) is 0 Å². The molecule has 0 unspecified atom stereocenters.